The summed E-state index contributed by atoms with van der Waals surface area (Å²) < 4.78 is 0. The van der Waals surface area contributed by atoms with Gasteiger partial charge in [-0.15, -0.1) is 0 Å². The highest BCUT2D eigenvalue weighted by molar-refractivity contribution is 6.13. The van der Waals surface area contributed by atoms with Crippen LogP contribution in [0.1, 0.15) is 64.9 Å². The minimum atomic E-state index is -0.297. The number of rotatable bonds is 1. The Bertz CT molecular complexity index is 846. The number of Topliss-reactive ketones (excluding diaryl/α,β-unsaturated/α-hetero) is 2. The molecule has 2 unspecified atom stereocenters. The van der Waals surface area contributed by atoms with Crippen LogP contribution in [0.4, 0.5) is 0 Å². The van der Waals surface area contributed by atoms with E-state index in [1.807, 2.05) is 12.1 Å². The predicted octanol–water partition coefficient (Wildman–Crippen LogP) is 4.27. The Balaban J connectivity index is 1.91. The molecule has 0 spiro atoms. The third kappa shape index (κ3) is 2.85. The summed E-state index contributed by atoms with van der Waals surface area (Å²) >= 11 is 0. The number of fused-ring (bicyclic) bond motifs is 1. The van der Waals surface area contributed by atoms with Gasteiger partial charge in [0.2, 0.25) is 0 Å². The second-order valence-electron chi connectivity index (χ2n) is 9.62. The Morgan fingerprint density at radius 1 is 0.885 bits per heavy atom. The third-order valence-corrected chi connectivity index (χ3v) is 5.90. The van der Waals surface area contributed by atoms with Gasteiger partial charge >= 0.3 is 0 Å². The van der Waals surface area contributed by atoms with E-state index in [1.54, 1.807) is 12.4 Å². The van der Waals surface area contributed by atoms with Crippen molar-refractivity contribution in [2.24, 2.45) is 21.7 Å². The van der Waals surface area contributed by atoms with Crippen molar-refractivity contribution in [2.75, 3.05) is 0 Å². The molecular weight excluding hydrogens is 324 g/mol. The molecular formula is C22H26N2O2. The number of pyridine rings is 1. The molecule has 26 heavy (non-hydrogen) atoms. The molecule has 1 aliphatic heterocycles. The summed E-state index contributed by atoms with van der Waals surface area (Å²) in [6.45, 7) is 8.51. The average molecular weight is 350 g/mol. The molecule has 0 radical (unpaired) electrons. The lowest BCUT2D eigenvalue weighted by Gasteiger charge is -2.44. The van der Waals surface area contributed by atoms with Crippen molar-refractivity contribution in [3.05, 3.63) is 41.4 Å². The minimum absolute atomic E-state index is 0.0680. The smallest absolute Gasteiger partial charge is 0.161 e. The number of aliphatic imine (C=N–C) groups is 1. The van der Waals surface area contributed by atoms with E-state index in [2.05, 4.69) is 32.7 Å². The fourth-order valence-electron chi connectivity index (χ4n) is 4.94. The predicted molar refractivity (Wildman–Crippen MR) is 101 cm³/mol. The highest BCUT2D eigenvalue weighted by atomic mass is 16.1. The molecule has 2 heterocycles. The van der Waals surface area contributed by atoms with Crippen LogP contribution in [0.5, 0.6) is 0 Å². The first-order chi connectivity index (χ1) is 12.2. The molecule has 4 rings (SSSR count). The van der Waals surface area contributed by atoms with E-state index in [0.717, 1.165) is 35.4 Å². The largest absolute Gasteiger partial charge is 0.299 e. The van der Waals surface area contributed by atoms with E-state index >= 15 is 0 Å². The van der Waals surface area contributed by atoms with E-state index < -0.39 is 0 Å². The second kappa shape index (κ2) is 5.70. The molecule has 136 valence electrons. The lowest BCUT2D eigenvalue weighted by Crippen LogP contribution is -2.45. The summed E-state index contributed by atoms with van der Waals surface area (Å²) in [6.07, 6.45) is 6.16. The second-order valence-corrected chi connectivity index (χ2v) is 9.62. The van der Waals surface area contributed by atoms with Crippen LogP contribution >= 0.6 is 0 Å². The Kier molecular flexibility index (Phi) is 3.80. The van der Waals surface area contributed by atoms with Gasteiger partial charge in [-0.05, 0) is 41.4 Å². The van der Waals surface area contributed by atoms with Gasteiger partial charge in [-0.3, -0.25) is 19.6 Å². The van der Waals surface area contributed by atoms with Gasteiger partial charge in [-0.2, -0.15) is 0 Å². The van der Waals surface area contributed by atoms with Crippen LogP contribution in [0.3, 0.4) is 0 Å². The Hall–Kier alpha value is -2.10. The monoisotopic (exact) mass is 350 g/mol. The highest BCUT2D eigenvalue weighted by Crippen LogP contribution is 2.51. The molecule has 1 saturated carbocycles. The topological polar surface area (TPSA) is 59.4 Å². The molecule has 4 nitrogen and oxygen atoms in total. The average Bonchev–Trinajstić information content (AvgIpc) is 2.51. The van der Waals surface area contributed by atoms with Gasteiger partial charge in [-0.25, -0.2) is 0 Å². The third-order valence-electron chi connectivity index (χ3n) is 5.90. The number of aromatic nitrogens is 1. The molecule has 3 aliphatic rings. The SMILES string of the molecule is CC1(C)CC(=O)C2C(=NC3=C(C(=O)CC(C)(C)C3)C2c2ccncc2)C1. The number of ketones is 2. The van der Waals surface area contributed by atoms with E-state index in [9.17, 15) is 9.59 Å². The normalized spacial score (nSPS) is 29.8. The van der Waals surface area contributed by atoms with Gasteiger partial charge in [0.15, 0.2) is 5.78 Å². The minimum Gasteiger partial charge on any atom is -0.299 e. The highest BCUT2D eigenvalue weighted by Gasteiger charge is 2.49. The zero-order valence-corrected chi connectivity index (χ0v) is 16.0. The Labute approximate surface area is 154 Å². The molecule has 0 saturated heterocycles. The summed E-state index contributed by atoms with van der Waals surface area (Å²) in [7, 11) is 0. The quantitative estimate of drug-likeness (QED) is 0.760. The summed E-state index contributed by atoms with van der Waals surface area (Å²) in [5.41, 5.74) is 3.51. The fraction of sp³-hybridized carbons (Fsp3) is 0.545. The molecule has 2 aliphatic carbocycles. The van der Waals surface area contributed by atoms with E-state index in [4.69, 9.17) is 4.99 Å². The summed E-state index contributed by atoms with van der Waals surface area (Å²) in [4.78, 5) is 35.2. The number of hydrogen-bond donors (Lipinski definition) is 0. The van der Waals surface area contributed by atoms with Crippen LogP contribution in [0.15, 0.2) is 40.8 Å². The number of hydrogen-bond acceptors (Lipinski definition) is 4. The van der Waals surface area contributed by atoms with Crippen LogP contribution in [0.25, 0.3) is 0 Å². The standard InChI is InChI=1S/C22H26N2O2/c1-21(2)9-14-19(16(25)11-21)18(13-5-7-23-8-6-13)20-15(24-14)10-22(3,4)12-17(20)26/h5-8,18-19H,9-12H2,1-4H3. The summed E-state index contributed by atoms with van der Waals surface area (Å²) in [6, 6.07) is 3.89. The molecule has 0 aromatic carbocycles. The lowest BCUT2D eigenvalue weighted by atomic mass is 9.60. The van der Waals surface area contributed by atoms with E-state index in [0.29, 0.717) is 12.8 Å². The number of carbonyl (C=O) groups excluding carboxylic acids is 2. The van der Waals surface area contributed by atoms with Crippen molar-refractivity contribution in [3.63, 3.8) is 0 Å². The van der Waals surface area contributed by atoms with Crippen molar-refractivity contribution >= 4 is 17.3 Å². The van der Waals surface area contributed by atoms with Crippen molar-refractivity contribution in [3.8, 4) is 0 Å². The van der Waals surface area contributed by atoms with Crippen molar-refractivity contribution in [1.29, 1.82) is 0 Å². The van der Waals surface area contributed by atoms with Crippen LogP contribution in [-0.4, -0.2) is 22.3 Å². The maximum Gasteiger partial charge on any atom is 0.161 e. The van der Waals surface area contributed by atoms with E-state index in [-0.39, 0.29) is 34.2 Å². The molecule has 1 fully saturated rings. The zero-order chi connectivity index (χ0) is 18.7. The lowest BCUT2D eigenvalue weighted by molar-refractivity contribution is -0.124. The van der Waals surface area contributed by atoms with Gasteiger partial charge in [0.25, 0.3) is 0 Å². The number of carbonyl (C=O) groups is 2. The van der Waals surface area contributed by atoms with Crippen molar-refractivity contribution < 1.29 is 9.59 Å². The van der Waals surface area contributed by atoms with Crippen LogP contribution in [0.2, 0.25) is 0 Å². The summed E-state index contributed by atoms with van der Waals surface area (Å²) in [5.74, 6) is -0.133. The van der Waals surface area contributed by atoms with Gasteiger partial charge in [-0.1, -0.05) is 27.7 Å². The zero-order valence-electron chi connectivity index (χ0n) is 16.0. The van der Waals surface area contributed by atoms with Gasteiger partial charge in [0, 0.05) is 48.1 Å². The molecule has 0 amide bonds. The van der Waals surface area contributed by atoms with Crippen LogP contribution in [-0.2, 0) is 9.59 Å². The van der Waals surface area contributed by atoms with Gasteiger partial charge in [0.05, 0.1) is 5.92 Å². The van der Waals surface area contributed by atoms with Crippen LogP contribution in [0, 0.1) is 16.7 Å². The maximum absolute atomic E-state index is 13.1. The molecule has 4 heteroatoms. The summed E-state index contributed by atoms with van der Waals surface area (Å²) in [5, 5.41) is 0. The number of allylic oxidation sites excluding steroid dienone is 2. The van der Waals surface area contributed by atoms with Crippen LogP contribution < -0.4 is 0 Å². The Morgan fingerprint density at radius 3 is 2.23 bits per heavy atom. The molecule has 0 N–H and O–H groups in total. The maximum atomic E-state index is 13.1. The van der Waals surface area contributed by atoms with E-state index in [1.165, 1.54) is 0 Å². The van der Waals surface area contributed by atoms with Crippen molar-refractivity contribution in [1.82, 2.24) is 4.98 Å². The first-order valence-corrected chi connectivity index (χ1v) is 9.43. The number of nitrogens with zero attached hydrogens (tertiary/aromatic N) is 2. The first kappa shape index (κ1) is 17.3. The molecule has 0 bridgehead atoms. The van der Waals surface area contributed by atoms with Gasteiger partial charge < -0.3 is 0 Å². The molecule has 1 aromatic rings. The van der Waals surface area contributed by atoms with Crippen molar-refractivity contribution in [2.45, 2.75) is 59.3 Å². The molecule has 2 atom stereocenters. The van der Waals surface area contributed by atoms with Gasteiger partial charge in [0.1, 0.15) is 5.78 Å². The fourth-order valence-corrected chi connectivity index (χ4v) is 4.94. The molecule has 1 aromatic heterocycles. The Morgan fingerprint density at radius 2 is 1.54 bits per heavy atom. The first-order valence-electron chi connectivity index (χ1n) is 9.43.